The molecule has 19 rings (SSSR count). The summed E-state index contributed by atoms with van der Waals surface area (Å²) >= 11 is 0. The number of rotatable bonds is 9. The van der Waals surface area contributed by atoms with Crippen molar-refractivity contribution in [1.82, 2.24) is 28.2 Å². The number of fused-ring (bicyclic) bond motifs is 13. The summed E-state index contributed by atoms with van der Waals surface area (Å²) in [4.78, 5) is 10.3. The van der Waals surface area contributed by atoms with Gasteiger partial charge in [-0.15, -0.1) is 0 Å². The number of hydrogen-bond donors (Lipinski definition) is 0. The van der Waals surface area contributed by atoms with Crippen LogP contribution in [0.5, 0.6) is 0 Å². The van der Waals surface area contributed by atoms with Crippen LogP contribution in [0.4, 0.5) is 13.2 Å². The Morgan fingerprint density at radius 1 is 0.265 bits per heavy atom. The molecule has 14 aromatic carbocycles. The Labute approximate surface area is 559 Å². The summed E-state index contributed by atoms with van der Waals surface area (Å²) in [6, 6.07) is 110. The molecular weight excluding hydrogens is 1210 g/mol. The minimum absolute atomic E-state index is 0.355. The Kier molecular flexibility index (Phi) is 12.7. The fraction of sp³-hybridized carbons (Fsp3) is 0.0114. The molecule has 0 saturated carbocycles. The van der Waals surface area contributed by atoms with Gasteiger partial charge in [-0.05, 0) is 191 Å². The first-order valence-corrected chi connectivity index (χ1v) is 32.6. The molecule has 0 fully saturated rings. The second-order valence-electron chi connectivity index (χ2n) is 25.1. The molecule has 19 aromatic rings. The lowest BCUT2D eigenvalue weighted by atomic mass is 10.00. The molecule has 98 heavy (non-hydrogen) atoms. The van der Waals surface area contributed by atoms with Gasteiger partial charge < -0.3 is 18.3 Å². The standard InChI is InChI=1S/C88H52F3N7/c89-88(90,91)76-40-32-61(46-63(76)53-92)78-52-77(93-87(94-78)55-30-37-66(38-31-55)97-81-25-13-9-21-70(81)74-50-58(35-43-85(74)97)56-33-41-83-72(48-56)68-19-7-11-23-79(68)95(83)64-15-3-1-4-16-64)60-28-27-54-29-39-67(47-62(54)45-60)98-82-26-14-10-22-71(82)75-51-59(36-44-86(75)98)57-34-42-84-73(49-57)69-20-8-12-24-80(69)96(84)65-17-5-2-6-18-65/h1-52H. The van der Waals surface area contributed by atoms with Gasteiger partial charge >= 0.3 is 6.18 Å². The zero-order valence-electron chi connectivity index (χ0n) is 52.3. The summed E-state index contributed by atoms with van der Waals surface area (Å²) in [6.07, 6.45) is -4.72. The highest BCUT2D eigenvalue weighted by Crippen LogP contribution is 2.43. The molecule has 10 heteroatoms. The van der Waals surface area contributed by atoms with Crippen molar-refractivity contribution in [3.63, 3.8) is 0 Å². The Morgan fingerprint density at radius 3 is 1.03 bits per heavy atom. The molecule has 0 unspecified atom stereocenters. The van der Waals surface area contributed by atoms with Crippen LogP contribution in [0.1, 0.15) is 11.1 Å². The van der Waals surface area contributed by atoms with E-state index in [0.717, 1.165) is 133 Å². The third-order valence-electron chi connectivity index (χ3n) is 19.6. The van der Waals surface area contributed by atoms with E-state index in [1.807, 2.05) is 30.3 Å². The lowest BCUT2D eigenvalue weighted by molar-refractivity contribution is -0.137. The van der Waals surface area contributed by atoms with Gasteiger partial charge in [0, 0.05) is 82.5 Å². The maximum atomic E-state index is 14.3. The maximum absolute atomic E-state index is 14.3. The first kappa shape index (κ1) is 56.4. The van der Waals surface area contributed by atoms with Gasteiger partial charge in [-0.2, -0.15) is 18.4 Å². The molecule has 0 spiro atoms. The van der Waals surface area contributed by atoms with Crippen LogP contribution >= 0.6 is 0 Å². The van der Waals surface area contributed by atoms with Crippen molar-refractivity contribution in [1.29, 1.82) is 5.26 Å². The Morgan fingerprint density at radius 2 is 0.602 bits per heavy atom. The van der Waals surface area contributed by atoms with Gasteiger partial charge in [0.1, 0.15) is 0 Å². The van der Waals surface area contributed by atoms with Crippen molar-refractivity contribution < 1.29 is 13.2 Å². The fourth-order valence-corrected chi connectivity index (χ4v) is 15.1. The normalized spacial score (nSPS) is 12.0. The van der Waals surface area contributed by atoms with Crippen LogP contribution in [0.15, 0.2) is 315 Å². The van der Waals surface area contributed by atoms with Crippen molar-refractivity contribution in [3.05, 3.63) is 327 Å². The van der Waals surface area contributed by atoms with Gasteiger partial charge in [-0.25, -0.2) is 9.97 Å². The van der Waals surface area contributed by atoms with E-state index < -0.39 is 17.3 Å². The van der Waals surface area contributed by atoms with E-state index in [1.165, 1.54) is 33.7 Å². The summed E-state index contributed by atoms with van der Waals surface area (Å²) in [5.41, 5.74) is 18.7. The number of halogens is 3. The molecule has 0 radical (unpaired) electrons. The smallest absolute Gasteiger partial charge is 0.309 e. The summed E-state index contributed by atoms with van der Waals surface area (Å²) in [7, 11) is 0. The molecule has 0 aliphatic rings. The molecule has 5 heterocycles. The van der Waals surface area contributed by atoms with Crippen LogP contribution in [-0.2, 0) is 6.18 Å². The summed E-state index contributed by atoms with van der Waals surface area (Å²) in [6.45, 7) is 0. The largest absolute Gasteiger partial charge is 0.417 e. The van der Waals surface area contributed by atoms with Crippen LogP contribution in [0, 0.1) is 11.3 Å². The van der Waals surface area contributed by atoms with Crippen LogP contribution in [0.2, 0.25) is 0 Å². The number of aromatic nitrogens is 6. The van der Waals surface area contributed by atoms with Crippen molar-refractivity contribution in [2.45, 2.75) is 6.18 Å². The van der Waals surface area contributed by atoms with E-state index in [0.29, 0.717) is 28.3 Å². The van der Waals surface area contributed by atoms with Crippen LogP contribution in [-0.4, -0.2) is 28.2 Å². The van der Waals surface area contributed by atoms with Gasteiger partial charge in [0.05, 0.1) is 72.7 Å². The van der Waals surface area contributed by atoms with Crippen molar-refractivity contribution in [3.8, 4) is 85.0 Å². The average molecular weight is 1260 g/mol. The maximum Gasteiger partial charge on any atom is 0.417 e. The molecule has 0 atom stereocenters. The van der Waals surface area contributed by atoms with E-state index in [-0.39, 0.29) is 0 Å². The van der Waals surface area contributed by atoms with E-state index in [2.05, 4.69) is 279 Å². The zero-order chi connectivity index (χ0) is 65.3. The predicted molar refractivity (Wildman–Crippen MR) is 394 cm³/mol. The number of nitrogens with zero attached hydrogens (tertiary/aromatic N) is 7. The molecule has 5 aromatic heterocycles. The predicted octanol–water partition coefficient (Wildman–Crippen LogP) is 23.2. The topological polar surface area (TPSA) is 69.3 Å². The fourth-order valence-electron chi connectivity index (χ4n) is 15.1. The van der Waals surface area contributed by atoms with E-state index in [1.54, 1.807) is 12.1 Å². The van der Waals surface area contributed by atoms with Gasteiger partial charge in [-0.1, -0.05) is 158 Å². The van der Waals surface area contributed by atoms with Crippen molar-refractivity contribution in [2.24, 2.45) is 0 Å². The molecule has 0 bridgehead atoms. The molecule has 0 amide bonds. The molecule has 0 N–H and O–H groups in total. The third kappa shape index (κ3) is 9.05. The molecule has 0 aliphatic heterocycles. The number of alkyl halides is 3. The van der Waals surface area contributed by atoms with Crippen LogP contribution in [0.3, 0.4) is 0 Å². The number of para-hydroxylation sites is 6. The van der Waals surface area contributed by atoms with Crippen molar-refractivity contribution in [2.75, 3.05) is 0 Å². The first-order chi connectivity index (χ1) is 48.1. The SMILES string of the molecule is N#Cc1cc(-c2cc(-c3ccc4ccc(-n5c6ccccc6c6cc(-c7ccc8c(c7)c7ccccc7n8-c7ccccc7)ccc65)cc4c3)nc(-c3ccc(-n4c5ccccc5c5cc(-c6ccc7c(c6)c6ccccc6n7-c6ccccc6)ccc54)cc3)n2)ccc1C(F)(F)F. The lowest BCUT2D eigenvalue weighted by Crippen LogP contribution is -2.08. The molecule has 460 valence electrons. The highest BCUT2D eigenvalue weighted by molar-refractivity contribution is 6.15. The Balaban J connectivity index is 0.692. The number of benzene rings is 14. The van der Waals surface area contributed by atoms with Crippen molar-refractivity contribution >= 4 is 98.0 Å². The zero-order valence-corrected chi connectivity index (χ0v) is 52.3. The average Bonchev–Trinajstić information content (AvgIpc) is 1.57. The Bertz CT molecular complexity index is 6540. The summed E-state index contributed by atoms with van der Waals surface area (Å²) in [5, 5.41) is 21.3. The molecule has 7 nitrogen and oxygen atoms in total. The second kappa shape index (κ2) is 22.0. The number of nitriles is 1. The number of hydrogen-bond acceptors (Lipinski definition) is 3. The highest BCUT2D eigenvalue weighted by Gasteiger charge is 2.34. The summed E-state index contributed by atoms with van der Waals surface area (Å²) < 4.78 is 52.2. The monoisotopic (exact) mass is 1260 g/mol. The van der Waals surface area contributed by atoms with E-state index >= 15 is 0 Å². The van der Waals surface area contributed by atoms with Gasteiger partial charge in [0.25, 0.3) is 0 Å². The second-order valence-corrected chi connectivity index (χ2v) is 25.1. The van der Waals surface area contributed by atoms with Crippen LogP contribution < -0.4 is 0 Å². The minimum Gasteiger partial charge on any atom is -0.309 e. The van der Waals surface area contributed by atoms with Gasteiger partial charge in [-0.3, -0.25) is 0 Å². The Hall–Kier alpha value is -13.1. The molecular formula is C88H52F3N7. The minimum atomic E-state index is -4.72. The quantitative estimate of drug-likeness (QED) is 0.145. The van der Waals surface area contributed by atoms with Gasteiger partial charge in [0.2, 0.25) is 0 Å². The molecule has 0 saturated heterocycles. The first-order valence-electron chi connectivity index (χ1n) is 32.6. The van der Waals surface area contributed by atoms with Crippen LogP contribution in [0.25, 0.3) is 177 Å². The summed E-state index contributed by atoms with van der Waals surface area (Å²) in [5.74, 6) is 0.371. The third-order valence-corrected chi connectivity index (χ3v) is 19.6. The van der Waals surface area contributed by atoms with E-state index in [4.69, 9.17) is 9.97 Å². The van der Waals surface area contributed by atoms with Gasteiger partial charge in [0.15, 0.2) is 5.82 Å². The molecule has 0 aliphatic carbocycles. The lowest BCUT2D eigenvalue weighted by Gasteiger charge is -2.14. The highest BCUT2D eigenvalue weighted by atomic mass is 19.4. The van der Waals surface area contributed by atoms with E-state index in [9.17, 15) is 18.4 Å².